The summed E-state index contributed by atoms with van der Waals surface area (Å²) in [6.07, 6.45) is 0.846. The molecule has 0 radical (unpaired) electrons. The van der Waals surface area contributed by atoms with Gasteiger partial charge in [0.25, 0.3) is 0 Å². The zero-order valence-corrected chi connectivity index (χ0v) is 20.7. The average Bonchev–Trinajstić information content (AvgIpc) is 3.25. The molecule has 2 aromatic rings. The summed E-state index contributed by atoms with van der Waals surface area (Å²) in [5.41, 5.74) is 0.604. The average molecular weight is 565 g/mol. The molecule has 30 heavy (non-hydrogen) atoms. The Balaban J connectivity index is 0.00000256. The molecule has 4 rings (SSSR count). The fourth-order valence-electron chi connectivity index (χ4n) is 3.88. The standard InChI is InChI=1S/C21H26ClFN4OS.HI/c1-24-21(26-17-12-14(17)20-15(22)4-2-5-16(20)23)25-13-18(19-6-3-11-29-19)27-7-9-28-10-8-27;/h2-6,11,14,17-18H,7-10,12-13H2,1H3,(H2,24,25,26);1H. The number of hydrogen-bond donors (Lipinski definition) is 2. The fourth-order valence-corrected chi connectivity index (χ4v) is 5.05. The van der Waals surface area contributed by atoms with Gasteiger partial charge in [0.2, 0.25) is 0 Å². The molecule has 1 aromatic carbocycles. The highest BCUT2D eigenvalue weighted by molar-refractivity contribution is 14.0. The number of benzene rings is 1. The summed E-state index contributed by atoms with van der Waals surface area (Å²) >= 11 is 7.99. The molecule has 3 atom stereocenters. The third-order valence-electron chi connectivity index (χ3n) is 5.53. The van der Waals surface area contributed by atoms with Crippen LogP contribution in [0.4, 0.5) is 4.39 Å². The fraction of sp³-hybridized carbons (Fsp3) is 0.476. The van der Waals surface area contributed by atoms with Crippen LogP contribution in [0.25, 0.3) is 0 Å². The van der Waals surface area contributed by atoms with Gasteiger partial charge in [0.15, 0.2) is 5.96 Å². The van der Waals surface area contributed by atoms with E-state index in [4.69, 9.17) is 16.3 Å². The SMILES string of the molecule is CN=C(NCC(c1cccs1)N1CCOCC1)NC1CC1c1c(F)cccc1Cl.I. The second-order valence-electron chi connectivity index (χ2n) is 7.36. The maximum absolute atomic E-state index is 14.2. The van der Waals surface area contributed by atoms with Gasteiger partial charge >= 0.3 is 0 Å². The highest BCUT2D eigenvalue weighted by Crippen LogP contribution is 2.44. The van der Waals surface area contributed by atoms with Crippen molar-refractivity contribution in [3.05, 3.63) is 57.0 Å². The van der Waals surface area contributed by atoms with Gasteiger partial charge in [0, 0.05) is 54.1 Å². The summed E-state index contributed by atoms with van der Waals surface area (Å²) in [6.45, 7) is 4.13. The van der Waals surface area contributed by atoms with Crippen LogP contribution in [-0.2, 0) is 4.74 Å². The molecule has 1 saturated heterocycles. The second-order valence-corrected chi connectivity index (χ2v) is 8.75. The van der Waals surface area contributed by atoms with Crippen LogP contribution in [-0.4, -0.2) is 56.8 Å². The van der Waals surface area contributed by atoms with Crippen molar-refractivity contribution in [2.24, 2.45) is 4.99 Å². The molecule has 2 heterocycles. The maximum Gasteiger partial charge on any atom is 0.191 e. The molecule has 164 valence electrons. The number of rotatable bonds is 6. The van der Waals surface area contributed by atoms with Gasteiger partial charge in [-0.25, -0.2) is 4.39 Å². The zero-order valence-electron chi connectivity index (χ0n) is 16.8. The number of ether oxygens (including phenoxy) is 1. The van der Waals surface area contributed by atoms with Gasteiger partial charge in [-0.1, -0.05) is 23.7 Å². The van der Waals surface area contributed by atoms with Crippen molar-refractivity contribution in [3.63, 3.8) is 0 Å². The number of halogens is 3. The lowest BCUT2D eigenvalue weighted by atomic mass is 10.1. The number of thiophene rings is 1. The summed E-state index contributed by atoms with van der Waals surface area (Å²) in [4.78, 5) is 8.15. The molecule has 3 unspecified atom stereocenters. The molecule has 1 aliphatic carbocycles. The van der Waals surface area contributed by atoms with Crippen LogP contribution < -0.4 is 10.6 Å². The number of aliphatic imine (C=N–C) groups is 1. The monoisotopic (exact) mass is 564 g/mol. The van der Waals surface area contributed by atoms with E-state index < -0.39 is 0 Å². The largest absolute Gasteiger partial charge is 0.379 e. The second kappa shape index (κ2) is 11.1. The van der Waals surface area contributed by atoms with E-state index in [1.165, 1.54) is 10.9 Å². The van der Waals surface area contributed by atoms with Crippen LogP contribution in [0.5, 0.6) is 0 Å². The van der Waals surface area contributed by atoms with Crippen LogP contribution >= 0.6 is 46.9 Å². The van der Waals surface area contributed by atoms with Gasteiger partial charge in [-0.3, -0.25) is 9.89 Å². The molecule has 2 N–H and O–H groups in total. The quantitative estimate of drug-likeness (QED) is 0.313. The van der Waals surface area contributed by atoms with Gasteiger partial charge in [0.1, 0.15) is 5.82 Å². The lowest BCUT2D eigenvalue weighted by Crippen LogP contribution is -2.46. The maximum atomic E-state index is 14.2. The lowest BCUT2D eigenvalue weighted by molar-refractivity contribution is 0.0177. The first-order valence-corrected chi connectivity index (χ1v) is 11.2. The molecular formula is C21H27ClFIN4OS. The van der Waals surface area contributed by atoms with Gasteiger partial charge in [-0.2, -0.15) is 0 Å². The minimum atomic E-state index is -0.236. The summed E-state index contributed by atoms with van der Waals surface area (Å²) < 4.78 is 19.7. The van der Waals surface area contributed by atoms with Crippen LogP contribution in [0, 0.1) is 5.82 Å². The number of morpholine rings is 1. The summed E-state index contributed by atoms with van der Waals surface area (Å²) in [5.74, 6) is 0.578. The minimum absolute atomic E-state index is 0. The van der Waals surface area contributed by atoms with E-state index in [1.807, 2.05) is 0 Å². The minimum Gasteiger partial charge on any atom is -0.379 e. The van der Waals surface area contributed by atoms with Crippen molar-refractivity contribution in [2.75, 3.05) is 39.9 Å². The van der Waals surface area contributed by atoms with Crippen molar-refractivity contribution in [1.29, 1.82) is 0 Å². The van der Waals surface area contributed by atoms with Gasteiger partial charge in [-0.05, 0) is 30.0 Å². The van der Waals surface area contributed by atoms with E-state index in [2.05, 4.69) is 38.0 Å². The first-order valence-electron chi connectivity index (χ1n) is 9.93. The van der Waals surface area contributed by atoms with E-state index in [0.717, 1.165) is 45.2 Å². The molecule has 1 aromatic heterocycles. The number of nitrogens with one attached hydrogen (secondary N) is 2. The Morgan fingerprint density at radius 3 is 2.80 bits per heavy atom. The third kappa shape index (κ3) is 5.64. The predicted molar refractivity (Wildman–Crippen MR) is 132 cm³/mol. The molecular weight excluding hydrogens is 538 g/mol. The number of nitrogens with zero attached hydrogens (tertiary/aromatic N) is 2. The Bertz CT molecular complexity index is 827. The third-order valence-corrected chi connectivity index (χ3v) is 6.83. The molecule has 2 fully saturated rings. The molecule has 0 amide bonds. The summed E-state index contributed by atoms with van der Waals surface area (Å²) in [7, 11) is 1.76. The highest BCUT2D eigenvalue weighted by atomic mass is 127. The molecule has 5 nitrogen and oxygen atoms in total. The summed E-state index contributed by atoms with van der Waals surface area (Å²) in [6, 6.07) is 9.54. The van der Waals surface area contributed by atoms with Crippen LogP contribution in [0.15, 0.2) is 40.7 Å². The normalized spacial score (nSPS) is 22.8. The first kappa shape index (κ1) is 23.7. The number of hydrogen-bond acceptors (Lipinski definition) is 4. The van der Waals surface area contributed by atoms with Crippen molar-refractivity contribution in [2.45, 2.75) is 24.4 Å². The van der Waals surface area contributed by atoms with Crippen molar-refractivity contribution in [3.8, 4) is 0 Å². The van der Waals surface area contributed by atoms with E-state index in [1.54, 1.807) is 30.5 Å². The van der Waals surface area contributed by atoms with Gasteiger partial charge in [-0.15, -0.1) is 35.3 Å². The molecule has 0 spiro atoms. The van der Waals surface area contributed by atoms with E-state index >= 15 is 0 Å². The molecule has 9 heteroatoms. The predicted octanol–water partition coefficient (Wildman–Crippen LogP) is 4.25. The van der Waals surface area contributed by atoms with Crippen LogP contribution in [0.2, 0.25) is 5.02 Å². The van der Waals surface area contributed by atoms with E-state index in [9.17, 15) is 4.39 Å². The molecule has 1 aliphatic heterocycles. The van der Waals surface area contributed by atoms with Crippen molar-refractivity contribution < 1.29 is 9.13 Å². The topological polar surface area (TPSA) is 48.9 Å². The zero-order chi connectivity index (χ0) is 20.2. The Morgan fingerprint density at radius 2 is 2.13 bits per heavy atom. The molecule has 1 saturated carbocycles. The van der Waals surface area contributed by atoms with Crippen molar-refractivity contribution >= 4 is 52.9 Å². The Labute approximate surface area is 203 Å². The van der Waals surface area contributed by atoms with E-state index in [-0.39, 0.29) is 47.8 Å². The van der Waals surface area contributed by atoms with Crippen LogP contribution in [0.1, 0.15) is 28.8 Å². The highest BCUT2D eigenvalue weighted by Gasteiger charge is 2.42. The Kier molecular flexibility index (Phi) is 8.76. The van der Waals surface area contributed by atoms with Crippen LogP contribution in [0.3, 0.4) is 0 Å². The smallest absolute Gasteiger partial charge is 0.191 e. The summed E-state index contributed by atoms with van der Waals surface area (Å²) in [5, 5.41) is 9.49. The van der Waals surface area contributed by atoms with E-state index in [0.29, 0.717) is 10.6 Å². The Hall–Kier alpha value is -0.940. The molecule has 0 bridgehead atoms. The van der Waals surface area contributed by atoms with Gasteiger partial charge < -0.3 is 15.4 Å². The Morgan fingerprint density at radius 1 is 1.33 bits per heavy atom. The van der Waals surface area contributed by atoms with Gasteiger partial charge in [0.05, 0.1) is 19.3 Å². The first-order chi connectivity index (χ1) is 14.2. The number of guanidine groups is 1. The molecule has 2 aliphatic rings. The lowest BCUT2D eigenvalue weighted by Gasteiger charge is -2.34. The van der Waals surface area contributed by atoms with Crippen molar-refractivity contribution in [1.82, 2.24) is 15.5 Å².